The van der Waals surface area contributed by atoms with Gasteiger partial charge in [-0.3, -0.25) is 14.6 Å². The largest absolute Gasteiger partial charge is 0.379 e. The number of ether oxygens (including phenoxy) is 1. The number of halogens is 2. The minimum absolute atomic E-state index is 0. The lowest BCUT2D eigenvalue weighted by molar-refractivity contribution is -0.116. The van der Waals surface area contributed by atoms with Gasteiger partial charge in [-0.2, -0.15) is 0 Å². The molecular weight excluding hydrogens is 457 g/mol. The van der Waals surface area contributed by atoms with Crippen molar-refractivity contribution < 1.29 is 13.9 Å². The van der Waals surface area contributed by atoms with E-state index in [1.54, 1.807) is 23.5 Å². The van der Waals surface area contributed by atoms with Gasteiger partial charge in [0.25, 0.3) is 0 Å². The van der Waals surface area contributed by atoms with E-state index in [0.717, 1.165) is 59.5 Å². The minimum atomic E-state index is -0.273. The predicted molar refractivity (Wildman–Crippen MR) is 128 cm³/mol. The molecule has 2 aromatic carbocycles. The number of nitrogens with zero attached hydrogens (tertiary/aromatic N) is 3. The summed E-state index contributed by atoms with van der Waals surface area (Å²) in [5.41, 5.74) is 0.912. The summed E-state index contributed by atoms with van der Waals surface area (Å²) >= 11 is 2.97. The van der Waals surface area contributed by atoms with Crippen LogP contribution < -0.4 is 4.90 Å². The van der Waals surface area contributed by atoms with Crippen LogP contribution in [-0.2, 0) is 9.53 Å². The molecule has 5 nitrogen and oxygen atoms in total. The molecule has 1 saturated heterocycles. The van der Waals surface area contributed by atoms with Crippen molar-refractivity contribution >= 4 is 56.8 Å². The number of rotatable bonds is 8. The highest BCUT2D eigenvalue weighted by Gasteiger charge is 2.20. The number of morpholine rings is 1. The molecular formula is C22H25ClFN3O2S2. The SMILES string of the molecule is Cl.O=C(CSc1ccc(F)cc1)N(CCCN1CCOCC1)c1nc2ccccc2s1. The van der Waals surface area contributed by atoms with Crippen LogP contribution in [0.2, 0.25) is 0 Å². The zero-order valence-corrected chi connectivity index (χ0v) is 19.5. The topological polar surface area (TPSA) is 45.7 Å². The highest BCUT2D eigenvalue weighted by Crippen LogP contribution is 2.30. The molecule has 2 heterocycles. The number of thioether (sulfide) groups is 1. The molecule has 0 N–H and O–H groups in total. The molecule has 1 amide bonds. The van der Waals surface area contributed by atoms with E-state index in [9.17, 15) is 9.18 Å². The van der Waals surface area contributed by atoms with Gasteiger partial charge < -0.3 is 4.74 Å². The summed E-state index contributed by atoms with van der Waals surface area (Å²) in [6.07, 6.45) is 0.878. The molecule has 166 valence electrons. The van der Waals surface area contributed by atoms with E-state index in [4.69, 9.17) is 9.72 Å². The van der Waals surface area contributed by atoms with Crippen molar-refractivity contribution in [2.75, 3.05) is 50.0 Å². The molecule has 3 aromatic rings. The first-order chi connectivity index (χ1) is 14.7. The Morgan fingerprint density at radius 1 is 1.16 bits per heavy atom. The average Bonchev–Trinajstić information content (AvgIpc) is 3.20. The fourth-order valence-corrected chi connectivity index (χ4v) is 5.12. The van der Waals surface area contributed by atoms with Crippen LogP contribution in [0.3, 0.4) is 0 Å². The number of aromatic nitrogens is 1. The van der Waals surface area contributed by atoms with Crippen molar-refractivity contribution in [1.29, 1.82) is 0 Å². The van der Waals surface area contributed by atoms with Crippen LogP contribution in [0.4, 0.5) is 9.52 Å². The number of carbonyl (C=O) groups is 1. The Labute approximate surface area is 196 Å². The van der Waals surface area contributed by atoms with E-state index < -0.39 is 0 Å². The first kappa shape index (κ1) is 23.9. The number of thiazole rings is 1. The molecule has 31 heavy (non-hydrogen) atoms. The molecule has 0 atom stereocenters. The quantitative estimate of drug-likeness (QED) is 0.436. The van der Waals surface area contributed by atoms with Crippen LogP contribution in [0.1, 0.15) is 6.42 Å². The van der Waals surface area contributed by atoms with Gasteiger partial charge in [-0.05, 0) is 42.8 Å². The summed E-state index contributed by atoms with van der Waals surface area (Å²) in [5, 5.41) is 0.739. The maximum atomic E-state index is 13.1. The van der Waals surface area contributed by atoms with E-state index in [1.165, 1.54) is 23.9 Å². The van der Waals surface area contributed by atoms with Crippen molar-refractivity contribution in [3.05, 3.63) is 54.3 Å². The van der Waals surface area contributed by atoms with Crippen LogP contribution >= 0.6 is 35.5 Å². The van der Waals surface area contributed by atoms with Crippen LogP contribution in [0.15, 0.2) is 53.4 Å². The zero-order valence-electron chi connectivity index (χ0n) is 17.0. The molecule has 0 saturated carbocycles. The lowest BCUT2D eigenvalue weighted by Gasteiger charge is -2.27. The molecule has 0 spiro atoms. The Balaban J connectivity index is 0.00000272. The molecule has 9 heteroatoms. The van der Waals surface area contributed by atoms with E-state index >= 15 is 0 Å². The Kier molecular flexibility index (Phi) is 9.10. The Morgan fingerprint density at radius 2 is 1.90 bits per heavy atom. The molecule has 0 unspecified atom stereocenters. The summed E-state index contributed by atoms with van der Waals surface area (Å²) in [6.45, 7) is 4.98. The number of fused-ring (bicyclic) bond motifs is 1. The van der Waals surface area contributed by atoms with Crippen LogP contribution in [-0.4, -0.2) is 60.9 Å². The van der Waals surface area contributed by atoms with E-state index in [1.807, 2.05) is 29.2 Å². The van der Waals surface area contributed by atoms with Crippen molar-refractivity contribution in [3.63, 3.8) is 0 Å². The third-order valence-electron chi connectivity index (χ3n) is 4.95. The van der Waals surface area contributed by atoms with Gasteiger partial charge in [-0.1, -0.05) is 23.5 Å². The summed E-state index contributed by atoms with van der Waals surface area (Å²) in [6, 6.07) is 14.2. The number of hydrogen-bond donors (Lipinski definition) is 0. The third kappa shape index (κ3) is 6.63. The number of amides is 1. The minimum Gasteiger partial charge on any atom is -0.379 e. The second-order valence-electron chi connectivity index (χ2n) is 7.06. The molecule has 1 aromatic heterocycles. The summed E-state index contributed by atoms with van der Waals surface area (Å²) in [5.74, 6) is 0.0364. The molecule has 0 bridgehead atoms. The zero-order chi connectivity index (χ0) is 20.8. The summed E-state index contributed by atoms with van der Waals surface area (Å²) < 4.78 is 19.6. The van der Waals surface area contributed by atoms with Crippen LogP contribution in [0, 0.1) is 5.82 Å². The van der Waals surface area contributed by atoms with Gasteiger partial charge in [0.2, 0.25) is 5.91 Å². The number of carbonyl (C=O) groups excluding carboxylic acids is 1. The van der Waals surface area contributed by atoms with E-state index in [2.05, 4.69) is 4.90 Å². The Hall–Kier alpha value is -1.71. The van der Waals surface area contributed by atoms with Gasteiger partial charge in [0.1, 0.15) is 5.82 Å². The second kappa shape index (κ2) is 11.8. The van der Waals surface area contributed by atoms with E-state index in [0.29, 0.717) is 12.3 Å². The molecule has 0 radical (unpaired) electrons. The summed E-state index contributed by atoms with van der Waals surface area (Å²) in [4.78, 5) is 22.9. The fourth-order valence-electron chi connectivity index (χ4n) is 3.33. The number of hydrogen-bond acceptors (Lipinski definition) is 6. The smallest absolute Gasteiger partial charge is 0.239 e. The second-order valence-corrected chi connectivity index (χ2v) is 9.12. The molecule has 1 aliphatic heterocycles. The van der Waals surface area contributed by atoms with Crippen molar-refractivity contribution in [2.24, 2.45) is 0 Å². The Bertz CT molecular complexity index is 947. The normalized spacial score (nSPS) is 14.4. The number of para-hydroxylation sites is 1. The van der Waals surface area contributed by atoms with Crippen molar-refractivity contribution in [3.8, 4) is 0 Å². The van der Waals surface area contributed by atoms with Gasteiger partial charge in [-0.25, -0.2) is 9.37 Å². The predicted octanol–water partition coefficient (Wildman–Crippen LogP) is 4.70. The fraction of sp³-hybridized carbons (Fsp3) is 0.364. The lowest BCUT2D eigenvalue weighted by atomic mass is 10.3. The lowest BCUT2D eigenvalue weighted by Crippen LogP contribution is -2.39. The molecule has 4 rings (SSSR count). The highest BCUT2D eigenvalue weighted by atomic mass is 35.5. The van der Waals surface area contributed by atoms with Crippen molar-refractivity contribution in [1.82, 2.24) is 9.88 Å². The monoisotopic (exact) mass is 481 g/mol. The Morgan fingerprint density at radius 3 is 2.65 bits per heavy atom. The van der Waals surface area contributed by atoms with Gasteiger partial charge in [0.15, 0.2) is 5.13 Å². The van der Waals surface area contributed by atoms with Gasteiger partial charge >= 0.3 is 0 Å². The van der Waals surface area contributed by atoms with E-state index in [-0.39, 0.29) is 24.1 Å². The van der Waals surface area contributed by atoms with Crippen LogP contribution in [0.25, 0.3) is 10.2 Å². The molecule has 0 aliphatic carbocycles. The number of benzene rings is 2. The average molecular weight is 482 g/mol. The summed E-state index contributed by atoms with van der Waals surface area (Å²) in [7, 11) is 0. The first-order valence-electron chi connectivity index (χ1n) is 10.0. The van der Waals surface area contributed by atoms with Gasteiger partial charge in [0, 0.05) is 31.1 Å². The third-order valence-corrected chi connectivity index (χ3v) is 7.01. The van der Waals surface area contributed by atoms with Crippen molar-refractivity contribution in [2.45, 2.75) is 11.3 Å². The number of anilines is 1. The standard InChI is InChI=1S/C22H24FN3O2S2.ClH/c23-17-6-8-18(9-7-17)29-16-21(27)26(11-3-10-25-12-14-28-15-13-25)22-24-19-4-1-2-5-20(19)30-22;/h1-2,4-9H,3,10-16H2;1H. The maximum Gasteiger partial charge on any atom is 0.239 e. The van der Waals surface area contributed by atoms with Gasteiger partial charge in [0.05, 0.1) is 29.2 Å². The van der Waals surface area contributed by atoms with Gasteiger partial charge in [-0.15, -0.1) is 24.2 Å². The van der Waals surface area contributed by atoms with Crippen LogP contribution in [0.5, 0.6) is 0 Å². The maximum absolute atomic E-state index is 13.1. The molecule has 1 aliphatic rings. The molecule has 1 fully saturated rings. The highest BCUT2D eigenvalue weighted by molar-refractivity contribution is 8.00. The first-order valence-corrected chi connectivity index (χ1v) is 11.8.